The average Bonchev–Trinajstić information content (AvgIpc) is 2.26. The number of carboxylic acid groups (broad SMARTS) is 1. The lowest BCUT2D eigenvalue weighted by Gasteiger charge is -2.08. The first kappa shape index (κ1) is 13.2. The van der Waals surface area contributed by atoms with Gasteiger partial charge < -0.3 is 14.9 Å². The van der Waals surface area contributed by atoms with Gasteiger partial charge in [0.05, 0.1) is 18.9 Å². The number of esters is 1. The molecule has 0 aliphatic rings. The highest BCUT2D eigenvalue weighted by Gasteiger charge is 2.15. The van der Waals surface area contributed by atoms with Crippen LogP contribution in [0.4, 0.5) is 0 Å². The zero-order valence-electron chi connectivity index (χ0n) is 9.20. The second-order valence-electron chi connectivity index (χ2n) is 3.60. The van der Waals surface area contributed by atoms with E-state index in [0.29, 0.717) is 0 Å². The van der Waals surface area contributed by atoms with E-state index >= 15 is 0 Å². The van der Waals surface area contributed by atoms with Crippen LogP contribution in [-0.4, -0.2) is 28.3 Å². The van der Waals surface area contributed by atoms with Crippen LogP contribution in [0.5, 0.6) is 0 Å². The molecule has 5 heteroatoms. The second-order valence-corrected chi connectivity index (χ2v) is 3.60. The van der Waals surface area contributed by atoms with E-state index in [1.165, 1.54) is 0 Å². The van der Waals surface area contributed by atoms with Crippen LogP contribution in [0.15, 0.2) is 30.3 Å². The lowest BCUT2D eigenvalue weighted by atomic mass is 10.2. The highest BCUT2D eigenvalue weighted by atomic mass is 16.5. The summed E-state index contributed by atoms with van der Waals surface area (Å²) in [5.74, 6) is -1.75. The molecule has 0 heterocycles. The van der Waals surface area contributed by atoms with E-state index < -0.39 is 24.5 Å². The van der Waals surface area contributed by atoms with Crippen molar-refractivity contribution in [2.45, 2.75) is 25.6 Å². The summed E-state index contributed by atoms with van der Waals surface area (Å²) in [6, 6.07) is 9.11. The van der Waals surface area contributed by atoms with Crippen LogP contribution < -0.4 is 0 Å². The third-order valence-electron chi connectivity index (χ3n) is 2.06. The van der Waals surface area contributed by atoms with Crippen molar-refractivity contribution in [1.82, 2.24) is 0 Å². The number of hydrogen-bond acceptors (Lipinski definition) is 4. The number of carboxylic acids is 1. The molecule has 5 nitrogen and oxygen atoms in total. The number of aliphatic hydroxyl groups excluding tert-OH is 1. The van der Waals surface area contributed by atoms with Crippen LogP contribution >= 0.6 is 0 Å². The minimum atomic E-state index is -1.20. The van der Waals surface area contributed by atoms with Gasteiger partial charge in [0.2, 0.25) is 0 Å². The molecular formula is C12H14O5. The second kappa shape index (κ2) is 6.65. The summed E-state index contributed by atoms with van der Waals surface area (Å²) in [7, 11) is 0. The Morgan fingerprint density at radius 3 is 2.41 bits per heavy atom. The smallest absolute Gasteiger partial charge is 0.308 e. The Bertz CT molecular complexity index is 374. The number of rotatable bonds is 6. The predicted octanol–water partition coefficient (Wildman–Crippen LogP) is 0.955. The molecule has 1 rings (SSSR count). The van der Waals surface area contributed by atoms with Gasteiger partial charge in [-0.25, -0.2) is 0 Å². The molecule has 0 bridgehead atoms. The Kier molecular flexibility index (Phi) is 5.16. The van der Waals surface area contributed by atoms with Crippen LogP contribution in [0.25, 0.3) is 0 Å². The summed E-state index contributed by atoms with van der Waals surface area (Å²) in [6.07, 6.45) is -1.96. The van der Waals surface area contributed by atoms with Gasteiger partial charge in [0.15, 0.2) is 0 Å². The highest BCUT2D eigenvalue weighted by molar-refractivity contribution is 5.72. The van der Waals surface area contributed by atoms with Gasteiger partial charge in [-0.3, -0.25) is 9.59 Å². The third kappa shape index (κ3) is 5.67. The minimum absolute atomic E-state index is 0.124. The number of ether oxygens (including phenoxy) is 1. The van der Waals surface area contributed by atoms with Gasteiger partial charge in [0, 0.05) is 0 Å². The molecule has 0 amide bonds. The maximum absolute atomic E-state index is 11.2. The predicted molar refractivity (Wildman–Crippen MR) is 59.1 cm³/mol. The lowest BCUT2D eigenvalue weighted by molar-refractivity contribution is -0.148. The molecule has 1 aromatic rings. The molecule has 92 valence electrons. The van der Waals surface area contributed by atoms with Crippen molar-refractivity contribution in [3.8, 4) is 0 Å². The summed E-state index contributed by atoms with van der Waals surface area (Å²) in [4.78, 5) is 21.5. The van der Waals surface area contributed by atoms with E-state index in [9.17, 15) is 14.7 Å². The van der Waals surface area contributed by atoms with Crippen LogP contribution in [0, 0.1) is 0 Å². The molecule has 1 atom stereocenters. The van der Waals surface area contributed by atoms with E-state index in [1.807, 2.05) is 18.2 Å². The quantitative estimate of drug-likeness (QED) is 0.721. The van der Waals surface area contributed by atoms with Gasteiger partial charge in [-0.15, -0.1) is 0 Å². The number of carbonyl (C=O) groups excluding carboxylic acids is 1. The molecule has 2 N–H and O–H groups in total. The van der Waals surface area contributed by atoms with Crippen molar-refractivity contribution >= 4 is 11.9 Å². The summed E-state index contributed by atoms with van der Waals surface area (Å²) < 4.78 is 4.89. The molecule has 0 aliphatic carbocycles. The van der Waals surface area contributed by atoms with Gasteiger partial charge in [0.25, 0.3) is 0 Å². The monoisotopic (exact) mass is 238 g/mol. The van der Waals surface area contributed by atoms with Crippen LogP contribution in [0.3, 0.4) is 0 Å². The largest absolute Gasteiger partial charge is 0.481 e. The fourth-order valence-corrected chi connectivity index (χ4v) is 1.26. The van der Waals surface area contributed by atoms with Crippen LogP contribution in [-0.2, 0) is 20.9 Å². The Labute approximate surface area is 98.6 Å². The summed E-state index contributed by atoms with van der Waals surface area (Å²) in [5, 5.41) is 17.6. The van der Waals surface area contributed by atoms with Gasteiger partial charge in [-0.2, -0.15) is 0 Å². The van der Waals surface area contributed by atoms with Crippen molar-refractivity contribution < 1.29 is 24.5 Å². The van der Waals surface area contributed by atoms with E-state index in [-0.39, 0.29) is 13.0 Å². The zero-order chi connectivity index (χ0) is 12.7. The molecule has 0 saturated heterocycles. The summed E-state index contributed by atoms with van der Waals surface area (Å²) in [6.45, 7) is 0.124. The van der Waals surface area contributed by atoms with Crippen molar-refractivity contribution in [3.05, 3.63) is 35.9 Å². The standard InChI is InChI=1S/C12H14O5/c13-10(6-11(14)15)7-12(16)17-8-9-4-2-1-3-5-9/h1-5,10,13H,6-8H2,(H,14,15)/t10-/m1/s1. The fraction of sp³-hybridized carbons (Fsp3) is 0.333. The molecule has 1 aromatic carbocycles. The topological polar surface area (TPSA) is 83.8 Å². The molecule has 0 aromatic heterocycles. The third-order valence-corrected chi connectivity index (χ3v) is 2.06. The number of aliphatic carboxylic acids is 1. The van der Waals surface area contributed by atoms with Crippen LogP contribution in [0.2, 0.25) is 0 Å². The molecule has 0 unspecified atom stereocenters. The normalized spacial score (nSPS) is 11.8. The number of benzene rings is 1. The Hall–Kier alpha value is -1.88. The first-order valence-corrected chi connectivity index (χ1v) is 5.17. The average molecular weight is 238 g/mol. The van der Waals surface area contributed by atoms with E-state index in [4.69, 9.17) is 9.84 Å². The van der Waals surface area contributed by atoms with E-state index in [1.54, 1.807) is 12.1 Å². The minimum Gasteiger partial charge on any atom is -0.481 e. The van der Waals surface area contributed by atoms with Gasteiger partial charge in [-0.1, -0.05) is 30.3 Å². The number of aliphatic hydroxyl groups is 1. The maximum Gasteiger partial charge on any atom is 0.308 e. The van der Waals surface area contributed by atoms with Gasteiger partial charge >= 0.3 is 11.9 Å². The SMILES string of the molecule is O=C(O)C[C@@H](O)CC(=O)OCc1ccccc1. The molecule has 0 aliphatic heterocycles. The maximum atomic E-state index is 11.2. The fourth-order valence-electron chi connectivity index (χ4n) is 1.26. The van der Waals surface area contributed by atoms with Gasteiger partial charge in [-0.05, 0) is 5.56 Å². The van der Waals surface area contributed by atoms with Crippen molar-refractivity contribution in [1.29, 1.82) is 0 Å². The Balaban J connectivity index is 2.28. The Morgan fingerprint density at radius 2 is 1.82 bits per heavy atom. The molecule has 17 heavy (non-hydrogen) atoms. The highest BCUT2D eigenvalue weighted by Crippen LogP contribution is 2.04. The van der Waals surface area contributed by atoms with E-state index in [0.717, 1.165) is 5.56 Å². The summed E-state index contributed by atoms with van der Waals surface area (Å²) >= 11 is 0. The Morgan fingerprint density at radius 1 is 1.18 bits per heavy atom. The van der Waals surface area contributed by atoms with Gasteiger partial charge in [0.1, 0.15) is 6.61 Å². The zero-order valence-corrected chi connectivity index (χ0v) is 9.20. The molecule has 0 spiro atoms. The van der Waals surface area contributed by atoms with Crippen molar-refractivity contribution in [2.75, 3.05) is 0 Å². The van der Waals surface area contributed by atoms with Crippen molar-refractivity contribution in [3.63, 3.8) is 0 Å². The number of carbonyl (C=O) groups is 2. The molecule has 0 radical (unpaired) electrons. The first-order chi connectivity index (χ1) is 8.08. The first-order valence-electron chi connectivity index (χ1n) is 5.17. The molecular weight excluding hydrogens is 224 g/mol. The molecule has 0 fully saturated rings. The molecule has 0 saturated carbocycles. The number of hydrogen-bond donors (Lipinski definition) is 2. The summed E-state index contributed by atoms with van der Waals surface area (Å²) in [5.41, 5.74) is 0.841. The van der Waals surface area contributed by atoms with Crippen molar-refractivity contribution in [2.24, 2.45) is 0 Å². The lowest BCUT2D eigenvalue weighted by Crippen LogP contribution is -2.19. The van der Waals surface area contributed by atoms with Crippen LogP contribution in [0.1, 0.15) is 18.4 Å². The van der Waals surface area contributed by atoms with E-state index in [2.05, 4.69) is 0 Å².